The van der Waals surface area contributed by atoms with Gasteiger partial charge in [0.15, 0.2) is 0 Å². The Morgan fingerprint density at radius 2 is 2.28 bits per heavy atom. The van der Waals surface area contributed by atoms with Crippen molar-refractivity contribution in [3.8, 4) is 0 Å². The van der Waals surface area contributed by atoms with Gasteiger partial charge in [-0.25, -0.2) is 4.79 Å². The minimum absolute atomic E-state index is 0.146. The lowest BCUT2D eigenvalue weighted by molar-refractivity contribution is 0.0124. The maximum atomic E-state index is 12.3. The van der Waals surface area contributed by atoms with Gasteiger partial charge >= 0.3 is 6.09 Å². The van der Waals surface area contributed by atoms with Crippen LogP contribution in [0, 0.1) is 0 Å². The van der Waals surface area contributed by atoms with Crippen molar-refractivity contribution < 1.29 is 9.53 Å². The number of hydrogen-bond acceptors (Lipinski definition) is 3. The number of carbonyl (C=O) groups excluding carboxylic acids is 1. The molecule has 0 aromatic carbocycles. The van der Waals surface area contributed by atoms with E-state index in [1.54, 1.807) is 0 Å². The molecule has 2 bridgehead atoms. The molecule has 2 atom stereocenters. The molecule has 3 rings (SSSR count). The van der Waals surface area contributed by atoms with E-state index in [0.717, 1.165) is 24.8 Å². The number of aromatic amines is 1. The van der Waals surface area contributed by atoms with Gasteiger partial charge in [-0.1, -0.05) is 0 Å². The summed E-state index contributed by atoms with van der Waals surface area (Å²) in [6.45, 7) is 5.71. The standard InChI is InChI=1S/C13H19N3O2/c1-13(2,3)18-12(17)16-8-4-5-11(16)9-7-14-15-10(9)6-8/h7-8,11H,4-6H2,1-3H3,(H,14,15)/t8-,11+/m1/s1. The lowest BCUT2D eigenvalue weighted by Crippen LogP contribution is -2.44. The summed E-state index contributed by atoms with van der Waals surface area (Å²) < 4.78 is 5.51. The number of ether oxygens (including phenoxy) is 1. The van der Waals surface area contributed by atoms with Crippen molar-refractivity contribution in [2.45, 2.75) is 57.7 Å². The summed E-state index contributed by atoms with van der Waals surface area (Å²) in [5.74, 6) is 0. The normalized spacial score (nSPS) is 26.1. The Labute approximate surface area is 107 Å². The average molecular weight is 249 g/mol. The first kappa shape index (κ1) is 11.6. The van der Waals surface area contributed by atoms with E-state index in [0.29, 0.717) is 0 Å². The van der Waals surface area contributed by atoms with Crippen LogP contribution in [0.4, 0.5) is 4.79 Å². The number of nitrogens with one attached hydrogen (secondary N) is 1. The van der Waals surface area contributed by atoms with Gasteiger partial charge in [-0.3, -0.25) is 10.00 Å². The first-order valence-corrected chi connectivity index (χ1v) is 6.49. The summed E-state index contributed by atoms with van der Waals surface area (Å²) >= 11 is 0. The van der Waals surface area contributed by atoms with Crippen molar-refractivity contribution in [2.75, 3.05) is 0 Å². The Hall–Kier alpha value is -1.52. The van der Waals surface area contributed by atoms with Gasteiger partial charge < -0.3 is 4.74 Å². The third kappa shape index (κ3) is 1.78. The molecular formula is C13H19N3O2. The van der Waals surface area contributed by atoms with Gasteiger partial charge in [0, 0.05) is 23.7 Å². The van der Waals surface area contributed by atoms with Gasteiger partial charge in [-0.15, -0.1) is 0 Å². The SMILES string of the molecule is CC(C)(C)OC(=O)N1[C@@H]2CC[C@H]1c1cn[nH]c1C2. The zero-order chi connectivity index (χ0) is 12.9. The van der Waals surface area contributed by atoms with Crippen LogP contribution in [0.15, 0.2) is 6.20 Å². The van der Waals surface area contributed by atoms with Crippen molar-refractivity contribution >= 4 is 6.09 Å². The predicted octanol–water partition coefficient (Wildman–Crippen LogP) is 2.41. The first-order valence-electron chi connectivity index (χ1n) is 6.49. The van der Waals surface area contributed by atoms with Gasteiger partial charge in [0.25, 0.3) is 0 Å². The molecule has 1 fully saturated rings. The lowest BCUT2D eigenvalue weighted by Gasteiger charge is -2.35. The van der Waals surface area contributed by atoms with Crippen molar-refractivity contribution in [3.05, 3.63) is 17.5 Å². The number of rotatable bonds is 0. The average Bonchev–Trinajstić information content (AvgIpc) is 2.81. The number of aromatic nitrogens is 2. The number of nitrogens with zero attached hydrogens (tertiary/aromatic N) is 2. The van der Waals surface area contributed by atoms with Crippen LogP contribution in [0.5, 0.6) is 0 Å². The van der Waals surface area contributed by atoms with E-state index < -0.39 is 5.60 Å². The minimum atomic E-state index is -0.437. The summed E-state index contributed by atoms with van der Waals surface area (Å²) in [6.07, 6.45) is 4.58. The van der Waals surface area contributed by atoms with Crippen molar-refractivity contribution in [1.29, 1.82) is 0 Å². The van der Waals surface area contributed by atoms with Crippen LogP contribution in [-0.2, 0) is 11.2 Å². The molecule has 5 nitrogen and oxygen atoms in total. The van der Waals surface area contributed by atoms with E-state index in [9.17, 15) is 4.79 Å². The maximum absolute atomic E-state index is 12.3. The summed E-state index contributed by atoms with van der Waals surface area (Å²) in [6, 6.07) is 0.408. The zero-order valence-electron chi connectivity index (χ0n) is 11.1. The molecule has 0 saturated carbocycles. The van der Waals surface area contributed by atoms with Crippen molar-refractivity contribution in [3.63, 3.8) is 0 Å². The molecule has 0 radical (unpaired) electrons. The predicted molar refractivity (Wildman–Crippen MR) is 66.1 cm³/mol. The van der Waals surface area contributed by atoms with Gasteiger partial charge in [0.1, 0.15) is 5.60 Å². The van der Waals surface area contributed by atoms with Crippen molar-refractivity contribution in [1.82, 2.24) is 15.1 Å². The van der Waals surface area contributed by atoms with Crippen LogP contribution < -0.4 is 0 Å². The maximum Gasteiger partial charge on any atom is 0.411 e. The Bertz CT molecular complexity index is 475. The van der Waals surface area contributed by atoms with Crippen molar-refractivity contribution in [2.24, 2.45) is 0 Å². The number of amides is 1. The highest BCUT2D eigenvalue weighted by Crippen LogP contribution is 2.43. The molecule has 18 heavy (non-hydrogen) atoms. The molecular weight excluding hydrogens is 230 g/mol. The van der Waals surface area contributed by atoms with Crippen LogP contribution in [0.3, 0.4) is 0 Å². The van der Waals surface area contributed by atoms with E-state index in [4.69, 9.17) is 4.74 Å². The molecule has 1 aromatic heterocycles. The molecule has 3 heterocycles. The molecule has 1 N–H and O–H groups in total. The summed E-state index contributed by atoms with van der Waals surface area (Å²) in [5, 5.41) is 7.12. The van der Waals surface area contributed by atoms with E-state index >= 15 is 0 Å². The highest BCUT2D eigenvalue weighted by molar-refractivity contribution is 5.70. The lowest BCUT2D eigenvalue weighted by atomic mass is 10.0. The quantitative estimate of drug-likeness (QED) is 0.768. The third-order valence-corrected chi connectivity index (χ3v) is 3.66. The fourth-order valence-electron chi connectivity index (χ4n) is 2.99. The second kappa shape index (κ2) is 3.73. The molecule has 1 aromatic rings. The molecule has 1 saturated heterocycles. The van der Waals surface area contributed by atoms with Crippen LogP contribution >= 0.6 is 0 Å². The smallest absolute Gasteiger partial charge is 0.411 e. The number of hydrogen-bond donors (Lipinski definition) is 1. The second-order valence-corrected chi connectivity index (χ2v) is 6.14. The Morgan fingerprint density at radius 3 is 3.00 bits per heavy atom. The van der Waals surface area contributed by atoms with E-state index in [2.05, 4.69) is 10.2 Å². The first-order chi connectivity index (χ1) is 8.46. The molecule has 0 aliphatic carbocycles. The van der Waals surface area contributed by atoms with Gasteiger partial charge in [0.2, 0.25) is 0 Å². The number of H-pyrrole nitrogens is 1. The molecule has 2 aliphatic rings. The van der Waals surface area contributed by atoms with E-state index in [-0.39, 0.29) is 18.2 Å². The summed E-state index contributed by atoms with van der Waals surface area (Å²) in [4.78, 5) is 14.2. The van der Waals surface area contributed by atoms with Crippen LogP contribution in [0.1, 0.15) is 50.9 Å². The monoisotopic (exact) mass is 249 g/mol. The van der Waals surface area contributed by atoms with Gasteiger partial charge in [-0.05, 0) is 33.6 Å². The molecule has 5 heteroatoms. The molecule has 0 spiro atoms. The van der Waals surface area contributed by atoms with Gasteiger partial charge in [0.05, 0.1) is 12.2 Å². The fourth-order valence-corrected chi connectivity index (χ4v) is 2.99. The van der Waals surface area contributed by atoms with Crippen LogP contribution in [0.2, 0.25) is 0 Å². The summed E-state index contributed by atoms with van der Waals surface area (Å²) in [5.41, 5.74) is 1.91. The minimum Gasteiger partial charge on any atom is -0.444 e. The topological polar surface area (TPSA) is 58.2 Å². The number of carbonyl (C=O) groups is 1. The van der Waals surface area contributed by atoms with Crippen LogP contribution in [0.25, 0.3) is 0 Å². The van der Waals surface area contributed by atoms with Crippen LogP contribution in [-0.4, -0.2) is 32.8 Å². The number of fused-ring (bicyclic) bond motifs is 4. The highest BCUT2D eigenvalue weighted by atomic mass is 16.6. The highest BCUT2D eigenvalue weighted by Gasteiger charge is 2.44. The zero-order valence-corrected chi connectivity index (χ0v) is 11.1. The Balaban J connectivity index is 1.85. The molecule has 1 amide bonds. The summed E-state index contributed by atoms with van der Waals surface area (Å²) in [7, 11) is 0. The van der Waals surface area contributed by atoms with E-state index in [1.807, 2.05) is 31.9 Å². The van der Waals surface area contributed by atoms with Gasteiger partial charge in [-0.2, -0.15) is 5.10 Å². The fraction of sp³-hybridized carbons (Fsp3) is 0.692. The molecule has 98 valence electrons. The Morgan fingerprint density at radius 1 is 1.50 bits per heavy atom. The largest absolute Gasteiger partial charge is 0.444 e. The Kier molecular flexibility index (Phi) is 2.40. The molecule has 2 aliphatic heterocycles. The molecule has 0 unspecified atom stereocenters. The second-order valence-electron chi connectivity index (χ2n) is 6.14. The van der Waals surface area contributed by atoms with E-state index in [1.165, 1.54) is 5.69 Å². The third-order valence-electron chi connectivity index (χ3n) is 3.66.